The molecule has 0 radical (unpaired) electrons. The molecular weight excluding hydrogens is 693 g/mol. The third-order valence-corrected chi connectivity index (χ3v) is 11.9. The molecule has 0 aromatic carbocycles. The lowest BCUT2D eigenvalue weighted by Crippen LogP contribution is -2.08. The molecule has 242 valence electrons. The van der Waals surface area contributed by atoms with Gasteiger partial charge in [-0.05, 0) is 12.2 Å². The van der Waals surface area contributed by atoms with Gasteiger partial charge >= 0.3 is 17.9 Å². The molecule has 0 aliphatic rings. The SMILES string of the molecule is O=C(CCSCSCCC(=O)OCSCO)OCCSCSCCOOCCCSCSCCC(=O)OCSCO. The highest BCUT2D eigenvalue weighted by Crippen LogP contribution is 2.16. The highest BCUT2D eigenvalue weighted by molar-refractivity contribution is 8.16. The highest BCUT2D eigenvalue weighted by Gasteiger charge is 2.05. The normalized spacial score (nSPS) is 11.0. The fourth-order valence-electron chi connectivity index (χ4n) is 2.15. The molecule has 0 aromatic rings. The van der Waals surface area contributed by atoms with Gasteiger partial charge in [-0.1, -0.05) is 23.5 Å². The minimum Gasteiger partial charge on any atom is -0.465 e. The Labute approximate surface area is 277 Å². The Morgan fingerprint density at radius 3 is 1.39 bits per heavy atom. The van der Waals surface area contributed by atoms with E-state index in [4.69, 9.17) is 34.2 Å². The topological polar surface area (TPSA) is 138 Å². The standard InChI is InChI=1S/C23H42O10S8/c24-14-40-16-30-22(27)3-10-35-18-34-8-1-5-32-33-7-13-39-20-38-12-6-29-21(26)2-9-36-19-37-11-4-23(28)31-17-41-15-25/h24-25H,1-20H2. The molecule has 0 rings (SSSR count). The first-order chi connectivity index (χ1) is 20.1. The first-order valence-electron chi connectivity index (χ1n) is 12.6. The molecule has 0 aliphatic carbocycles. The van der Waals surface area contributed by atoms with Crippen LogP contribution in [0.5, 0.6) is 0 Å². The van der Waals surface area contributed by atoms with Gasteiger partial charge < -0.3 is 24.4 Å². The third-order valence-electron chi connectivity index (χ3n) is 4.04. The van der Waals surface area contributed by atoms with E-state index in [1.807, 2.05) is 0 Å². The van der Waals surface area contributed by atoms with E-state index in [1.54, 1.807) is 70.6 Å². The summed E-state index contributed by atoms with van der Waals surface area (Å²) < 4.78 is 15.1. The van der Waals surface area contributed by atoms with Crippen LogP contribution in [-0.2, 0) is 38.4 Å². The second-order valence-electron chi connectivity index (χ2n) is 7.21. The lowest BCUT2D eigenvalue weighted by molar-refractivity contribution is -0.289. The zero-order chi connectivity index (χ0) is 30.1. The van der Waals surface area contributed by atoms with Crippen LogP contribution in [0.3, 0.4) is 0 Å². The molecule has 0 fully saturated rings. The van der Waals surface area contributed by atoms with Crippen molar-refractivity contribution in [3.8, 4) is 0 Å². The molecule has 0 saturated heterocycles. The Balaban J connectivity index is 3.22. The van der Waals surface area contributed by atoms with Crippen LogP contribution in [0.4, 0.5) is 0 Å². The second-order valence-corrected chi connectivity index (χ2v) is 16.7. The molecule has 0 spiro atoms. The number of hydrogen-bond donors (Lipinski definition) is 2. The maximum absolute atomic E-state index is 11.8. The van der Waals surface area contributed by atoms with E-state index in [0.29, 0.717) is 50.6 Å². The molecule has 18 heteroatoms. The van der Waals surface area contributed by atoms with Crippen LogP contribution >= 0.6 is 94.1 Å². The predicted molar refractivity (Wildman–Crippen MR) is 182 cm³/mol. The molecular formula is C23H42O10S8. The Hall–Kier alpha value is 1.05. The van der Waals surface area contributed by atoms with Gasteiger partial charge in [0.15, 0.2) is 0 Å². The summed E-state index contributed by atoms with van der Waals surface area (Å²) in [6.07, 6.45) is 2.00. The molecule has 10 nitrogen and oxygen atoms in total. The van der Waals surface area contributed by atoms with Gasteiger partial charge in [-0.15, -0.1) is 23.5 Å². The number of hydrogen-bond acceptors (Lipinski definition) is 18. The van der Waals surface area contributed by atoms with Crippen molar-refractivity contribution in [1.82, 2.24) is 0 Å². The van der Waals surface area contributed by atoms with E-state index in [0.717, 1.165) is 68.2 Å². The average molecular weight is 735 g/mol. The smallest absolute Gasteiger partial charge is 0.307 e. The third kappa shape index (κ3) is 35.4. The number of aliphatic hydroxyl groups excluding tert-OH is 2. The molecule has 0 atom stereocenters. The summed E-state index contributed by atoms with van der Waals surface area (Å²) in [5, 5.41) is 19.8. The fraction of sp³-hybridized carbons (Fsp3) is 0.870. The Morgan fingerprint density at radius 1 is 0.463 bits per heavy atom. The Kier molecular flexibility index (Phi) is 36.4. The molecule has 2 N–H and O–H groups in total. The molecule has 41 heavy (non-hydrogen) atoms. The Bertz CT molecular complexity index is 625. The van der Waals surface area contributed by atoms with Crippen LogP contribution < -0.4 is 0 Å². The van der Waals surface area contributed by atoms with Crippen molar-refractivity contribution in [2.24, 2.45) is 0 Å². The van der Waals surface area contributed by atoms with Gasteiger partial charge in [0, 0.05) is 44.0 Å². The van der Waals surface area contributed by atoms with Crippen LogP contribution in [0.1, 0.15) is 25.7 Å². The lowest BCUT2D eigenvalue weighted by Gasteiger charge is -2.06. The zero-order valence-corrected chi connectivity index (χ0v) is 29.6. The molecule has 0 amide bonds. The van der Waals surface area contributed by atoms with Crippen molar-refractivity contribution in [2.75, 3.05) is 93.3 Å². The number of esters is 3. The van der Waals surface area contributed by atoms with Gasteiger partial charge in [0.05, 0.1) is 44.4 Å². The first kappa shape index (κ1) is 42.0. The van der Waals surface area contributed by atoms with Crippen molar-refractivity contribution in [3.63, 3.8) is 0 Å². The number of ether oxygens (including phenoxy) is 3. The predicted octanol–water partition coefficient (Wildman–Crippen LogP) is 4.68. The highest BCUT2D eigenvalue weighted by atomic mass is 32.2. The van der Waals surface area contributed by atoms with Crippen molar-refractivity contribution >= 4 is 112 Å². The maximum atomic E-state index is 11.8. The van der Waals surface area contributed by atoms with E-state index < -0.39 is 0 Å². The van der Waals surface area contributed by atoms with Crippen molar-refractivity contribution in [2.45, 2.75) is 25.7 Å². The van der Waals surface area contributed by atoms with Gasteiger partial charge in [-0.3, -0.25) is 14.4 Å². The van der Waals surface area contributed by atoms with E-state index >= 15 is 0 Å². The summed E-state index contributed by atoms with van der Waals surface area (Å²) in [4.78, 5) is 44.9. The van der Waals surface area contributed by atoms with Gasteiger partial charge in [0.2, 0.25) is 0 Å². The number of carbonyl (C=O) groups excluding carboxylic acids is 3. The molecule has 0 aliphatic heterocycles. The monoisotopic (exact) mass is 734 g/mol. The van der Waals surface area contributed by atoms with Crippen LogP contribution in [0.2, 0.25) is 0 Å². The number of thioether (sulfide) groups is 8. The van der Waals surface area contributed by atoms with E-state index in [-0.39, 0.29) is 41.7 Å². The first-order valence-corrected chi connectivity index (χ1v) is 21.9. The fourth-order valence-corrected chi connectivity index (χ4v) is 8.61. The van der Waals surface area contributed by atoms with Crippen LogP contribution in [0, 0.1) is 0 Å². The average Bonchev–Trinajstić information content (AvgIpc) is 2.96. The van der Waals surface area contributed by atoms with E-state index in [2.05, 4.69) is 0 Å². The van der Waals surface area contributed by atoms with Crippen LogP contribution in [0.15, 0.2) is 0 Å². The molecule has 0 aromatic heterocycles. The lowest BCUT2D eigenvalue weighted by atomic mass is 10.5. The summed E-state index contributed by atoms with van der Waals surface area (Å²) in [5.41, 5.74) is 0. The van der Waals surface area contributed by atoms with E-state index in [1.165, 1.54) is 0 Å². The largest absolute Gasteiger partial charge is 0.465 e. The quantitative estimate of drug-likeness (QED) is 0.0247. The maximum Gasteiger partial charge on any atom is 0.307 e. The molecule has 0 heterocycles. The Morgan fingerprint density at radius 2 is 0.878 bits per heavy atom. The summed E-state index contributed by atoms with van der Waals surface area (Å²) >= 11 is 12.5. The molecule has 0 bridgehead atoms. The van der Waals surface area contributed by atoms with E-state index in [9.17, 15) is 14.4 Å². The zero-order valence-electron chi connectivity index (χ0n) is 23.1. The van der Waals surface area contributed by atoms with Crippen molar-refractivity contribution < 1.29 is 48.6 Å². The summed E-state index contributed by atoms with van der Waals surface area (Å²) in [6, 6.07) is 0. The van der Waals surface area contributed by atoms with Crippen LogP contribution in [0.25, 0.3) is 0 Å². The number of aliphatic hydroxyl groups is 2. The van der Waals surface area contributed by atoms with Crippen LogP contribution in [-0.4, -0.2) is 121 Å². The summed E-state index contributed by atoms with van der Waals surface area (Å²) in [6.45, 7) is 1.49. The number of rotatable bonds is 32. The van der Waals surface area contributed by atoms with Crippen molar-refractivity contribution in [3.05, 3.63) is 0 Å². The minimum absolute atomic E-state index is 0.0466. The summed E-state index contributed by atoms with van der Waals surface area (Å²) in [7, 11) is 0. The second kappa shape index (κ2) is 35.5. The van der Waals surface area contributed by atoms with Crippen molar-refractivity contribution in [1.29, 1.82) is 0 Å². The minimum atomic E-state index is -0.263. The number of carbonyl (C=O) groups is 3. The van der Waals surface area contributed by atoms with Gasteiger partial charge in [0.1, 0.15) is 18.5 Å². The van der Waals surface area contributed by atoms with Gasteiger partial charge in [-0.25, -0.2) is 9.78 Å². The van der Waals surface area contributed by atoms with Gasteiger partial charge in [-0.2, -0.15) is 47.0 Å². The molecule has 0 saturated carbocycles. The van der Waals surface area contributed by atoms with Gasteiger partial charge in [0.25, 0.3) is 0 Å². The molecule has 0 unspecified atom stereocenters. The summed E-state index contributed by atoms with van der Waals surface area (Å²) in [5.74, 6) is 4.25.